The predicted molar refractivity (Wildman–Crippen MR) is 114 cm³/mol. The summed E-state index contributed by atoms with van der Waals surface area (Å²) in [5.74, 6) is 1.23. The van der Waals surface area contributed by atoms with Crippen molar-refractivity contribution in [2.45, 2.75) is 27.4 Å². The van der Waals surface area contributed by atoms with Crippen LogP contribution in [0.3, 0.4) is 0 Å². The fraction of sp³-hybridized carbons (Fsp3) is 0.190. The third kappa shape index (κ3) is 4.52. The molecule has 30 heavy (non-hydrogen) atoms. The minimum absolute atomic E-state index is 0.278. The zero-order valence-corrected chi connectivity index (χ0v) is 17.6. The highest BCUT2D eigenvalue weighted by Gasteiger charge is 2.15. The van der Waals surface area contributed by atoms with Crippen LogP contribution < -0.4 is 10.1 Å². The quantitative estimate of drug-likeness (QED) is 0.509. The monoisotopic (exact) mass is 420 g/mol. The van der Waals surface area contributed by atoms with Crippen molar-refractivity contribution in [1.29, 1.82) is 0 Å². The molecule has 0 unspecified atom stereocenters. The molecule has 0 radical (unpaired) electrons. The summed E-state index contributed by atoms with van der Waals surface area (Å²) < 4.78 is 7.28. The van der Waals surface area contributed by atoms with Crippen LogP contribution in [0.15, 0.2) is 47.3 Å². The summed E-state index contributed by atoms with van der Waals surface area (Å²) in [6.45, 7) is 5.99. The van der Waals surface area contributed by atoms with Crippen LogP contribution in [0.4, 0.5) is 5.82 Å². The zero-order valence-electron chi connectivity index (χ0n) is 16.8. The van der Waals surface area contributed by atoms with Crippen molar-refractivity contribution in [2.75, 3.05) is 5.32 Å². The van der Waals surface area contributed by atoms with E-state index < -0.39 is 0 Å². The molecule has 1 aromatic carbocycles. The van der Waals surface area contributed by atoms with E-state index >= 15 is 0 Å². The Morgan fingerprint density at radius 2 is 1.90 bits per heavy atom. The van der Waals surface area contributed by atoms with Crippen LogP contribution in [0.25, 0.3) is 5.95 Å². The lowest BCUT2D eigenvalue weighted by Crippen LogP contribution is -2.16. The van der Waals surface area contributed by atoms with Gasteiger partial charge in [0.25, 0.3) is 11.9 Å². The summed E-state index contributed by atoms with van der Waals surface area (Å²) in [6, 6.07) is 10.7. The Labute approximate surface area is 177 Å². The highest BCUT2D eigenvalue weighted by Crippen LogP contribution is 2.19. The number of nitrogens with one attached hydrogen (secondary N) is 1. The maximum Gasteiger partial charge on any atom is 0.256 e. The van der Waals surface area contributed by atoms with Crippen molar-refractivity contribution in [2.24, 2.45) is 0 Å². The normalized spacial score (nSPS) is 10.8. The molecule has 0 fully saturated rings. The van der Waals surface area contributed by atoms with Crippen molar-refractivity contribution in [3.63, 3.8) is 0 Å². The molecule has 0 aliphatic rings. The molecule has 0 aliphatic carbocycles. The van der Waals surface area contributed by atoms with Crippen molar-refractivity contribution in [3.8, 4) is 11.7 Å². The number of carbonyl (C=O) groups excluding carboxylic acids is 1. The van der Waals surface area contributed by atoms with Gasteiger partial charge in [0.05, 0.1) is 16.9 Å². The molecule has 3 aromatic heterocycles. The molecular formula is C21H20N6O2S. The van der Waals surface area contributed by atoms with E-state index in [9.17, 15) is 4.79 Å². The van der Waals surface area contributed by atoms with Gasteiger partial charge in [-0.3, -0.25) is 4.79 Å². The van der Waals surface area contributed by atoms with E-state index in [0.29, 0.717) is 29.7 Å². The Kier molecular flexibility index (Phi) is 5.53. The highest BCUT2D eigenvalue weighted by molar-refractivity contribution is 7.07. The second-order valence-corrected chi connectivity index (χ2v) is 7.50. The molecule has 4 rings (SSSR count). The summed E-state index contributed by atoms with van der Waals surface area (Å²) in [4.78, 5) is 25.9. The van der Waals surface area contributed by atoms with Gasteiger partial charge in [0, 0.05) is 28.4 Å². The molecule has 1 amide bonds. The minimum atomic E-state index is -0.278. The van der Waals surface area contributed by atoms with Gasteiger partial charge in [-0.25, -0.2) is 15.0 Å². The van der Waals surface area contributed by atoms with Crippen LogP contribution in [0.1, 0.15) is 33.1 Å². The molecule has 0 saturated carbocycles. The van der Waals surface area contributed by atoms with E-state index in [0.717, 1.165) is 22.8 Å². The number of amides is 1. The van der Waals surface area contributed by atoms with E-state index in [1.807, 2.05) is 32.2 Å². The van der Waals surface area contributed by atoms with E-state index in [-0.39, 0.29) is 5.91 Å². The second-order valence-electron chi connectivity index (χ2n) is 6.78. The Morgan fingerprint density at radius 3 is 2.63 bits per heavy atom. The Hall–Kier alpha value is -3.59. The van der Waals surface area contributed by atoms with Gasteiger partial charge in [-0.15, -0.1) is 11.3 Å². The molecular weight excluding hydrogens is 400 g/mol. The first-order valence-electron chi connectivity index (χ1n) is 9.28. The Balaban J connectivity index is 1.54. The Bertz CT molecular complexity index is 1170. The summed E-state index contributed by atoms with van der Waals surface area (Å²) >= 11 is 1.51. The fourth-order valence-corrected chi connectivity index (χ4v) is 3.47. The fourth-order valence-electron chi connectivity index (χ4n) is 2.92. The van der Waals surface area contributed by atoms with E-state index in [1.54, 1.807) is 35.8 Å². The molecule has 8 nitrogen and oxygen atoms in total. The van der Waals surface area contributed by atoms with Crippen molar-refractivity contribution in [3.05, 3.63) is 75.6 Å². The van der Waals surface area contributed by atoms with Gasteiger partial charge in [0.15, 0.2) is 0 Å². The van der Waals surface area contributed by atoms with Crippen LogP contribution >= 0.6 is 11.3 Å². The smallest absolute Gasteiger partial charge is 0.256 e. The molecule has 0 saturated heterocycles. The van der Waals surface area contributed by atoms with Crippen LogP contribution in [-0.4, -0.2) is 30.6 Å². The molecule has 1 N–H and O–H groups in total. The van der Waals surface area contributed by atoms with E-state index in [2.05, 4.69) is 25.4 Å². The first kappa shape index (κ1) is 19.7. The van der Waals surface area contributed by atoms with Crippen LogP contribution in [0.5, 0.6) is 5.75 Å². The second kappa shape index (κ2) is 8.42. The van der Waals surface area contributed by atoms with Crippen LogP contribution in [0.2, 0.25) is 0 Å². The van der Waals surface area contributed by atoms with Crippen molar-refractivity contribution >= 4 is 23.1 Å². The maximum atomic E-state index is 12.9. The van der Waals surface area contributed by atoms with Gasteiger partial charge >= 0.3 is 0 Å². The maximum absolute atomic E-state index is 12.9. The molecule has 0 aliphatic heterocycles. The average molecular weight is 420 g/mol. The molecule has 0 atom stereocenters. The number of carbonyl (C=O) groups is 1. The largest absolute Gasteiger partial charge is 0.487 e. The van der Waals surface area contributed by atoms with Crippen molar-refractivity contribution < 1.29 is 9.53 Å². The number of nitrogens with zero attached hydrogens (tertiary/aromatic N) is 5. The molecule has 152 valence electrons. The van der Waals surface area contributed by atoms with Gasteiger partial charge in [0.1, 0.15) is 18.2 Å². The molecule has 0 spiro atoms. The summed E-state index contributed by atoms with van der Waals surface area (Å²) in [5, 5.41) is 9.25. The number of thiazole rings is 1. The first-order chi connectivity index (χ1) is 14.5. The highest BCUT2D eigenvalue weighted by atomic mass is 32.1. The topological polar surface area (TPSA) is 94.8 Å². The van der Waals surface area contributed by atoms with E-state index in [1.165, 1.54) is 16.0 Å². The summed E-state index contributed by atoms with van der Waals surface area (Å²) in [7, 11) is 0. The lowest BCUT2D eigenvalue weighted by Gasteiger charge is -2.10. The number of aryl methyl sites for hydroxylation is 3. The number of benzene rings is 1. The van der Waals surface area contributed by atoms with Gasteiger partial charge in [-0.2, -0.15) is 9.78 Å². The summed E-state index contributed by atoms with van der Waals surface area (Å²) in [5.41, 5.74) is 5.47. The van der Waals surface area contributed by atoms with E-state index in [4.69, 9.17) is 4.74 Å². The number of aromatic nitrogens is 5. The molecule has 0 bridgehead atoms. The lowest BCUT2D eigenvalue weighted by atomic mass is 10.2. The summed E-state index contributed by atoms with van der Waals surface area (Å²) in [6.07, 6.45) is 0. The lowest BCUT2D eigenvalue weighted by molar-refractivity contribution is 0.102. The number of anilines is 1. The zero-order chi connectivity index (χ0) is 21.1. The van der Waals surface area contributed by atoms with Gasteiger partial charge in [-0.05, 0) is 45.0 Å². The van der Waals surface area contributed by atoms with Gasteiger partial charge < -0.3 is 10.1 Å². The predicted octanol–water partition coefficient (Wildman–Crippen LogP) is 3.88. The molecule has 9 heteroatoms. The number of rotatable bonds is 6. The Morgan fingerprint density at radius 1 is 1.10 bits per heavy atom. The van der Waals surface area contributed by atoms with Crippen LogP contribution in [0, 0.1) is 20.8 Å². The number of hydrogen-bond acceptors (Lipinski definition) is 7. The standard InChI is InChI=1S/C21H20N6O2S/c1-13-7-14(2)24-21(23-13)27-19(8-15(3)26-27)25-20(28)16-5-4-6-18(9-16)29-10-17-11-30-12-22-17/h4-9,11-12H,10H2,1-3H3,(H,25,28). The SMILES string of the molecule is Cc1cc(C)nc(-n2nc(C)cc2NC(=O)c2cccc(OCc3cscn3)c2)n1. The minimum Gasteiger partial charge on any atom is -0.487 e. The van der Waals surface area contributed by atoms with Crippen LogP contribution in [-0.2, 0) is 6.61 Å². The third-order valence-corrected chi connectivity index (χ3v) is 4.83. The first-order valence-corrected chi connectivity index (χ1v) is 10.2. The van der Waals surface area contributed by atoms with Gasteiger partial charge in [0.2, 0.25) is 0 Å². The molecule has 4 aromatic rings. The van der Waals surface area contributed by atoms with Crippen molar-refractivity contribution in [1.82, 2.24) is 24.7 Å². The average Bonchev–Trinajstić information content (AvgIpc) is 3.35. The number of ether oxygens (including phenoxy) is 1. The van der Waals surface area contributed by atoms with Gasteiger partial charge in [-0.1, -0.05) is 6.07 Å². The molecule has 3 heterocycles. The number of hydrogen-bond donors (Lipinski definition) is 1. The third-order valence-electron chi connectivity index (χ3n) is 4.20.